The van der Waals surface area contributed by atoms with Crippen molar-refractivity contribution >= 4 is 10.8 Å². The van der Waals surface area contributed by atoms with Crippen LogP contribution in [0.25, 0.3) is 44.7 Å². The lowest BCUT2D eigenvalue weighted by Crippen LogP contribution is -2.43. The summed E-state index contributed by atoms with van der Waals surface area (Å²) in [6.07, 6.45) is 0. The molecule has 2 heterocycles. The molecular weight excluding hydrogens is 621 g/mol. The van der Waals surface area contributed by atoms with Gasteiger partial charge in [-0.2, -0.15) is 0 Å². The number of para-hydroxylation sites is 2. The summed E-state index contributed by atoms with van der Waals surface area (Å²) in [5, 5.41) is 2.36. The topological polar surface area (TPSA) is 35.0 Å². The van der Waals surface area contributed by atoms with Crippen molar-refractivity contribution in [1.29, 1.82) is 0 Å². The van der Waals surface area contributed by atoms with Crippen molar-refractivity contribution < 1.29 is 4.74 Å². The number of aromatic nitrogens is 2. The van der Waals surface area contributed by atoms with Crippen LogP contribution >= 0.6 is 0 Å². The quantitative estimate of drug-likeness (QED) is 0.190. The molecule has 0 fully saturated rings. The highest BCUT2D eigenvalue weighted by Crippen LogP contribution is 2.61. The zero-order chi connectivity index (χ0) is 34.2. The minimum absolute atomic E-state index is 0.289. The first kappa shape index (κ1) is 29.6. The Morgan fingerprint density at radius 1 is 0.431 bits per heavy atom. The maximum atomic E-state index is 6.60. The molecule has 2 aliphatic rings. The van der Waals surface area contributed by atoms with Crippen molar-refractivity contribution in [3.63, 3.8) is 0 Å². The van der Waals surface area contributed by atoms with Gasteiger partial charge < -0.3 is 4.74 Å². The van der Waals surface area contributed by atoms with Gasteiger partial charge in [0.1, 0.15) is 11.5 Å². The van der Waals surface area contributed by atoms with Crippen molar-refractivity contribution in [2.24, 2.45) is 0 Å². The maximum absolute atomic E-state index is 6.60. The summed E-state index contributed by atoms with van der Waals surface area (Å²) >= 11 is 0. The summed E-state index contributed by atoms with van der Waals surface area (Å²) in [6.45, 7) is 4.71. The Balaban J connectivity index is 1.26. The third-order valence-corrected chi connectivity index (χ3v) is 11.0. The van der Waals surface area contributed by atoms with Crippen molar-refractivity contribution in [2.45, 2.75) is 24.7 Å². The van der Waals surface area contributed by atoms with E-state index in [4.69, 9.17) is 14.7 Å². The lowest BCUT2D eigenvalue weighted by Gasteiger charge is -2.50. The second-order valence-electron chi connectivity index (χ2n) is 14.1. The molecule has 8 aromatic rings. The van der Waals surface area contributed by atoms with Gasteiger partial charge in [-0.1, -0.05) is 159 Å². The molecule has 0 bridgehead atoms. The van der Waals surface area contributed by atoms with Gasteiger partial charge in [0.25, 0.3) is 0 Å². The van der Waals surface area contributed by atoms with Crippen LogP contribution in [-0.2, 0) is 10.8 Å². The minimum Gasteiger partial charge on any atom is -0.457 e. The molecule has 7 aromatic carbocycles. The third-order valence-electron chi connectivity index (χ3n) is 11.0. The predicted octanol–water partition coefficient (Wildman–Crippen LogP) is 11.8. The van der Waals surface area contributed by atoms with Crippen LogP contribution in [0.15, 0.2) is 170 Å². The number of rotatable bonds is 3. The highest BCUT2D eigenvalue weighted by atomic mass is 16.5. The molecule has 0 radical (unpaired) electrons. The minimum atomic E-state index is -0.555. The summed E-state index contributed by atoms with van der Waals surface area (Å²) in [5.74, 6) is 2.50. The number of benzene rings is 7. The fraction of sp³-hybridized carbons (Fsp3) is 0.0833. The van der Waals surface area contributed by atoms with E-state index in [0.717, 1.165) is 50.7 Å². The van der Waals surface area contributed by atoms with Gasteiger partial charge in [0.2, 0.25) is 0 Å². The molecule has 10 rings (SSSR count). The van der Waals surface area contributed by atoms with E-state index < -0.39 is 5.41 Å². The molecule has 0 unspecified atom stereocenters. The molecule has 0 saturated heterocycles. The Bertz CT molecular complexity index is 2610. The average Bonchev–Trinajstić information content (AvgIpc) is 3.19. The van der Waals surface area contributed by atoms with Gasteiger partial charge in [0.15, 0.2) is 5.82 Å². The Morgan fingerprint density at radius 3 is 1.78 bits per heavy atom. The van der Waals surface area contributed by atoms with E-state index in [1.807, 2.05) is 18.2 Å². The second-order valence-corrected chi connectivity index (χ2v) is 14.1. The number of nitrogens with zero attached hydrogens (tertiary/aromatic N) is 2. The van der Waals surface area contributed by atoms with Crippen molar-refractivity contribution in [2.75, 3.05) is 0 Å². The number of fused-ring (bicyclic) bond motifs is 9. The molecule has 242 valence electrons. The Labute approximate surface area is 297 Å². The second kappa shape index (κ2) is 11.1. The van der Waals surface area contributed by atoms with E-state index in [1.54, 1.807) is 0 Å². The molecule has 0 amide bonds. The molecule has 3 heteroatoms. The van der Waals surface area contributed by atoms with Crippen LogP contribution < -0.4 is 4.74 Å². The molecule has 0 saturated carbocycles. The predicted molar refractivity (Wildman–Crippen MR) is 206 cm³/mol. The Kier molecular flexibility index (Phi) is 6.44. The zero-order valence-corrected chi connectivity index (χ0v) is 28.5. The van der Waals surface area contributed by atoms with E-state index in [0.29, 0.717) is 5.82 Å². The van der Waals surface area contributed by atoms with Crippen molar-refractivity contribution in [3.05, 3.63) is 203 Å². The van der Waals surface area contributed by atoms with Gasteiger partial charge >= 0.3 is 0 Å². The van der Waals surface area contributed by atoms with Crippen LogP contribution in [-0.4, -0.2) is 9.97 Å². The smallest absolute Gasteiger partial charge is 0.160 e. The third kappa shape index (κ3) is 4.31. The molecule has 1 aliphatic heterocycles. The summed E-state index contributed by atoms with van der Waals surface area (Å²) < 4.78 is 6.60. The highest BCUT2D eigenvalue weighted by Gasteiger charge is 2.52. The molecule has 3 nitrogen and oxygen atoms in total. The molecular formula is C48H34N2O. The fourth-order valence-corrected chi connectivity index (χ4v) is 8.67. The largest absolute Gasteiger partial charge is 0.457 e. The first-order valence-corrected chi connectivity index (χ1v) is 17.6. The summed E-state index contributed by atoms with van der Waals surface area (Å²) in [4.78, 5) is 10.5. The first-order chi connectivity index (χ1) is 25.0. The lowest BCUT2D eigenvalue weighted by molar-refractivity contribution is 0.425. The van der Waals surface area contributed by atoms with E-state index in [9.17, 15) is 0 Å². The van der Waals surface area contributed by atoms with Crippen LogP contribution in [0.4, 0.5) is 0 Å². The van der Waals surface area contributed by atoms with Crippen LogP contribution in [0, 0.1) is 0 Å². The van der Waals surface area contributed by atoms with Gasteiger partial charge in [-0.3, -0.25) is 0 Å². The van der Waals surface area contributed by atoms with Crippen molar-refractivity contribution in [1.82, 2.24) is 9.97 Å². The highest BCUT2D eigenvalue weighted by molar-refractivity contribution is 5.96. The van der Waals surface area contributed by atoms with E-state index in [-0.39, 0.29) is 5.41 Å². The molecule has 1 aliphatic carbocycles. The average molecular weight is 655 g/mol. The maximum Gasteiger partial charge on any atom is 0.160 e. The van der Waals surface area contributed by atoms with Gasteiger partial charge in [-0.25, -0.2) is 9.97 Å². The van der Waals surface area contributed by atoms with E-state index in [1.165, 1.54) is 33.0 Å². The summed E-state index contributed by atoms with van der Waals surface area (Å²) in [5.41, 5.74) is 11.6. The van der Waals surface area contributed by atoms with Gasteiger partial charge in [0.05, 0.1) is 16.8 Å². The Hall–Kier alpha value is -6.32. The van der Waals surface area contributed by atoms with Gasteiger partial charge in [0, 0.05) is 33.2 Å². The monoisotopic (exact) mass is 654 g/mol. The molecule has 1 spiro atoms. The first-order valence-electron chi connectivity index (χ1n) is 17.6. The van der Waals surface area contributed by atoms with E-state index in [2.05, 4.69) is 166 Å². The van der Waals surface area contributed by atoms with Crippen molar-refractivity contribution in [3.8, 4) is 45.4 Å². The number of hydrogen-bond donors (Lipinski definition) is 0. The SMILES string of the molecule is CC1(C)c2ccccc2C2(c3ccccc3Oc3ccccc32)c2ccc(-c3cc(-c4cccc5ccccc45)nc(-c4ccccc4)n3)cc21. The molecule has 0 N–H and O–H groups in total. The van der Waals surface area contributed by atoms with Gasteiger partial charge in [-0.15, -0.1) is 0 Å². The summed E-state index contributed by atoms with van der Waals surface area (Å²) in [6, 6.07) is 60.5. The molecule has 51 heavy (non-hydrogen) atoms. The van der Waals surface area contributed by atoms with Crippen LogP contribution in [0.2, 0.25) is 0 Å². The van der Waals surface area contributed by atoms with E-state index >= 15 is 0 Å². The normalized spacial score (nSPS) is 14.5. The number of ether oxygens (including phenoxy) is 1. The lowest BCUT2D eigenvalue weighted by atomic mass is 9.53. The zero-order valence-electron chi connectivity index (χ0n) is 28.5. The fourth-order valence-electron chi connectivity index (χ4n) is 8.67. The summed E-state index contributed by atoms with van der Waals surface area (Å²) in [7, 11) is 0. The molecule has 1 aromatic heterocycles. The standard InChI is InChI=1S/C48H34N2O/c1-47(2)36-21-8-9-22-37(36)48(39-23-10-12-25-44(39)51-45-26-13-11-24-40(45)48)38-28-27-33(29-41(38)47)42-30-43(50-46(49-42)32-16-4-3-5-17-32)35-20-14-18-31-15-6-7-19-34(31)35/h3-30H,1-2H3. The number of hydrogen-bond acceptors (Lipinski definition) is 3. The Morgan fingerprint density at radius 2 is 1.02 bits per heavy atom. The van der Waals surface area contributed by atoms with Gasteiger partial charge in [-0.05, 0) is 57.3 Å². The molecule has 0 atom stereocenters. The van der Waals surface area contributed by atoms with Crippen LogP contribution in [0.1, 0.15) is 47.2 Å². The van der Waals surface area contributed by atoms with Crippen LogP contribution in [0.5, 0.6) is 11.5 Å². The van der Waals surface area contributed by atoms with Crippen LogP contribution in [0.3, 0.4) is 0 Å².